The largest absolute Gasteiger partial charge is 0.332 e. The zero-order valence-electron chi connectivity index (χ0n) is 20.9. The van der Waals surface area contributed by atoms with Crippen LogP contribution < -0.4 is 0 Å². The summed E-state index contributed by atoms with van der Waals surface area (Å²) in [6, 6.07) is 13.2. The molecule has 0 unspecified atom stereocenters. The summed E-state index contributed by atoms with van der Waals surface area (Å²) >= 11 is 1.53. The normalized spacial score (nSPS) is 12.7. The van der Waals surface area contributed by atoms with Gasteiger partial charge in [0.2, 0.25) is 15.9 Å². The van der Waals surface area contributed by atoms with Gasteiger partial charge in [0.1, 0.15) is 5.82 Å². The lowest BCUT2D eigenvalue weighted by atomic mass is 10.1. The summed E-state index contributed by atoms with van der Waals surface area (Å²) in [6.07, 6.45) is 0.569. The van der Waals surface area contributed by atoms with Crippen LogP contribution in [0.15, 0.2) is 58.8 Å². The molecule has 0 bridgehead atoms. The monoisotopic (exact) mass is 516 g/mol. The van der Waals surface area contributed by atoms with Crippen LogP contribution in [0.25, 0.3) is 0 Å². The highest BCUT2D eigenvalue weighted by Crippen LogP contribution is 2.28. The van der Waals surface area contributed by atoms with E-state index in [2.05, 4.69) is 0 Å². The van der Waals surface area contributed by atoms with Crippen molar-refractivity contribution in [1.29, 1.82) is 0 Å². The Morgan fingerprint density at radius 1 is 1.03 bits per heavy atom. The molecular weight excluding hydrogens is 483 g/mol. The summed E-state index contributed by atoms with van der Waals surface area (Å²) in [6.45, 7) is 9.60. The number of sulfonamides is 1. The van der Waals surface area contributed by atoms with Crippen molar-refractivity contribution in [2.45, 2.75) is 65.1 Å². The Hall–Kier alpha value is -2.55. The number of nitrogens with zero attached hydrogens (tertiary/aromatic N) is 2. The highest BCUT2D eigenvalue weighted by atomic mass is 32.2. The molecule has 2 aromatic carbocycles. The first-order valence-corrected chi connectivity index (χ1v) is 14.0. The number of hydrogen-bond acceptors (Lipinski definition) is 4. The molecule has 1 atom stereocenters. The minimum absolute atomic E-state index is 0.258. The van der Waals surface area contributed by atoms with Gasteiger partial charge in [-0.1, -0.05) is 42.8 Å². The Bertz CT molecular complexity index is 1230. The second kappa shape index (κ2) is 11.5. The van der Waals surface area contributed by atoms with Gasteiger partial charge in [0.15, 0.2) is 0 Å². The predicted molar refractivity (Wildman–Crippen MR) is 139 cm³/mol. The second-order valence-electron chi connectivity index (χ2n) is 8.99. The van der Waals surface area contributed by atoms with Gasteiger partial charge in [-0.3, -0.25) is 4.79 Å². The molecule has 3 aromatic rings. The smallest absolute Gasteiger partial charge is 0.244 e. The van der Waals surface area contributed by atoms with Crippen LogP contribution in [0.4, 0.5) is 4.39 Å². The number of rotatable bonds is 10. The summed E-state index contributed by atoms with van der Waals surface area (Å²) in [4.78, 5) is 16.5. The maximum atomic E-state index is 13.9. The van der Waals surface area contributed by atoms with E-state index in [1.54, 1.807) is 30.9 Å². The Morgan fingerprint density at radius 3 is 2.20 bits per heavy atom. The quantitative estimate of drug-likeness (QED) is 0.341. The van der Waals surface area contributed by atoms with Crippen molar-refractivity contribution in [3.05, 3.63) is 86.9 Å². The average molecular weight is 517 g/mol. The Labute approximate surface area is 212 Å². The van der Waals surface area contributed by atoms with E-state index in [1.807, 2.05) is 50.4 Å². The van der Waals surface area contributed by atoms with Gasteiger partial charge >= 0.3 is 0 Å². The van der Waals surface area contributed by atoms with Crippen molar-refractivity contribution >= 4 is 27.3 Å². The SMILES string of the molecule is CC[C@@H](C)N(CC(=O)N(Cc1ccc(F)cc1)Cc1cccs1)S(=O)(=O)c1c(C)cc(C)cc1C. The lowest BCUT2D eigenvalue weighted by molar-refractivity contribution is -0.133. The van der Waals surface area contributed by atoms with Crippen LogP contribution in [-0.4, -0.2) is 36.1 Å². The van der Waals surface area contributed by atoms with Crippen molar-refractivity contribution in [3.63, 3.8) is 0 Å². The lowest BCUT2D eigenvalue weighted by Gasteiger charge is -2.31. The van der Waals surface area contributed by atoms with Crippen LogP contribution in [0.5, 0.6) is 0 Å². The van der Waals surface area contributed by atoms with Crippen molar-refractivity contribution in [2.24, 2.45) is 0 Å². The molecule has 0 saturated heterocycles. The van der Waals surface area contributed by atoms with Crippen LogP contribution >= 0.6 is 11.3 Å². The molecule has 1 aromatic heterocycles. The predicted octanol–water partition coefficient (Wildman–Crippen LogP) is 5.83. The van der Waals surface area contributed by atoms with Crippen LogP contribution in [0.1, 0.15) is 47.4 Å². The summed E-state index contributed by atoms with van der Waals surface area (Å²) in [5, 5.41) is 1.94. The molecule has 0 aliphatic heterocycles. The molecule has 1 amide bonds. The van der Waals surface area contributed by atoms with Gasteiger partial charge in [-0.2, -0.15) is 4.31 Å². The van der Waals surface area contributed by atoms with Gasteiger partial charge in [-0.05, 0) is 74.4 Å². The summed E-state index contributed by atoms with van der Waals surface area (Å²) in [7, 11) is -3.92. The summed E-state index contributed by atoms with van der Waals surface area (Å²) < 4.78 is 42.5. The number of hydrogen-bond donors (Lipinski definition) is 0. The molecule has 0 aliphatic carbocycles. The molecule has 5 nitrogen and oxygen atoms in total. The highest BCUT2D eigenvalue weighted by molar-refractivity contribution is 7.89. The van der Waals surface area contributed by atoms with E-state index in [4.69, 9.17) is 0 Å². The van der Waals surface area contributed by atoms with E-state index in [0.29, 0.717) is 24.1 Å². The maximum Gasteiger partial charge on any atom is 0.244 e. The first-order valence-electron chi connectivity index (χ1n) is 11.7. The van der Waals surface area contributed by atoms with E-state index in [0.717, 1.165) is 16.0 Å². The van der Waals surface area contributed by atoms with E-state index >= 15 is 0 Å². The number of benzene rings is 2. The second-order valence-corrected chi connectivity index (χ2v) is 11.9. The molecule has 1 heterocycles. The fraction of sp³-hybridized carbons (Fsp3) is 0.370. The van der Waals surface area contributed by atoms with Crippen molar-refractivity contribution in [3.8, 4) is 0 Å². The summed E-state index contributed by atoms with van der Waals surface area (Å²) in [5.41, 5.74) is 3.11. The number of thiophene rings is 1. The third-order valence-corrected chi connectivity index (χ3v) is 9.24. The van der Waals surface area contributed by atoms with E-state index in [-0.39, 0.29) is 35.8 Å². The number of amides is 1. The molecular formula is C27H33FN2O3S2. The zero-order valence-corrected chi connectivity index (χ0v) is 22.5. The molecule has 0 aliphatic rings. The Balaban J connectivity index is 1.95. The molecule has 0 N–H and O–H groups in total. The molecule has 3 rings (SSSR count). The van der Waals surface area contributed by atoms with Crippen molar-refractivity contribution in [2.75, 3.05) is 6.54 Å². The fourth-order valence-corrected chi connectivity index (χ4v) is 7.03. The van der Waals surface area contributed by atoms with E-state index < -0.39 is 10.0 Å². The minimum atomic E-state index is -3.92. The average Bonchev–Trinajstić information content (AvgIpc) is 3.30. The summed E-state index contributed by atoms with van der Waals surface area (Å²) in [5.74, 6) is -0.642. The third-order valence-electron chi connectivity index (χ3n) is 6.11. The number of aryl methyl sites for hydroxylation is 3. The van der Waals surface area contributed by atoms with Gasteiger partial charge in [0.25, 0.3) is 0 Å². The Morgan fingerprint density at radius 2 is 1.66 bits per heavy atom. The van der Waals surface area contributed by atoms with Crippen LogP contribution in [-0.2, 0) is 27.9 Å². The van der Waals surface area contributed by atoms with Crippen LogP contribution in [0.3, 0.4) is 0 Å². The molecule has 0 spiro atoms. The van der Waals surface area contributed by atoms with Gasteiger partial charge in [0, 0.05) is 17.5 Å². The molecule has 0 radical (unpaired) electrons. The van der Waals surface area contributed by atoms with Crippen LogP contribution in [0.2, 0.25) is 0 Å². The lowest BCUT2D eigenvalue weighted by Crippen LogP contribution is -2.46. The molecule has 0 saturated carbocycles. The van der Waals surface area contributed by atoms with Gasteiger partial charge in [-0.15, -0.1) is 11.3 Å². The highest BCUT2D eigenvalue weighted by Gasteiger charge is 2.34. The van der Waals surface area contributed by atoms with Gasteiger partial charge in [0.05, 0.1) is 18.0 Å². The molecule has 0 fully saturated rings. The molecule has 8 heteroatoms. The van der Waals surface area contributed by atoms with Crippen LogP contribution in [0, 0.1) is 26.6 Å². The van der Waals surface area contributed by atoms with Crippen molar-refractivity contribution in [1.82, 2.24) is 9.21 Å². The fourth-order valence-electron chi connectivity index (χ4n) is 4.24. The molecule has 188 valence electrons. The number of halogens is 1. The first kappa shape index (κ1) is 27.0. The van der Waals surface area contributed by atoms with Gasteiger partial charge < -0.3 is 4.90 Å². The Kier molecular flexibility index (Phi) is 8.85. The van der Waals surface area contributed by atoms with Crippen molar-refractivity contribution < 1.29 is 17.6 Å². The molecule has 35 heavy (non-hydrogen) atoms. The number of carbonyl (C=O) groups excluding carboxylic acids is 1. The first-order chi connectivity index (χ1) is 16.5. The topological polar surface area (TPSA) is 57.7 Å². The van der Waals surface area contributed by atoms with Gasteiger partial charge in [-0.25, -0.2) is 12.8 Å². The minimum Gasteiger partial charge on any atom is -0.332 e. The maximum absolute atomic E-state index is 13.9. The third kappa shape index (κ3) is 6.57. The van der Waals surface area contributed by atoms with E-state index in [9.17, 15) is 17.6 Å². The van der Waals surface area contributed by atoms with E-state index in [1.165, 1.54) is 27.8 Å². The standard InChI is InChI=1S/C27H33FN2O3S2/c1-6-22(5)30(35(32,33)27-20(3)14-19(2)15-21(27)4)18-26(31)29(17-25-8-7-13-34-25)16-23-9-11-24(28)12-10-23/h7-15,22H,6,16-18H2,1-5H3/t22-/m1/s1. The number of carbonyl (C=O) groups is 1. The zero-order chi connectivity index (χ0) is 25.8.